The third-order valence-electron chi connectivity index (χ3n) is 3.87. The minimum atomic E-state index is -0.279. The van der Waals surface area contributed by atoms with Gasteiger partial charge in [0.1, 0.15) is 12.4 Å². The van der Waals surface area contributed by atoms with Crippen molar-refractivity contribution in [1.82, 2.24) is 0 Å². The average molecular weight is 372 g/mol. The Hall–Kier alpha value is -2.72. The predicted octanol–water partition coefficient (Wildman–Crippen LogP) is 5.68. The number of anilines is 1. The van der Waals surface area contributed by atoms with E-state index in [2.05, 4.69) is 5.32 Å². The molecule has 0 spiro atoms. The summed E-state index contributed by atoms with van der Waals surface area (Å²) in [5.74, 6) is 0.956. The van der Waals surface area contributed by atoms with Gasteiger partial charge in [-0.15, -0.1) is 0 Å². The van der Waals surface area contributed by atoms with Gasteiger partial charge in [-0.2, -0.15) is 0 Å². The summed E-state index contributed by atoms with van der Waals surface area (Å²) in [7, 11) is 1.59. The molecule has 0 aliphatic carbocycles. The molecule has 3 nitrogen and oxygen atoms in total. The van der Waals surface area contributed by atoms with Gasteiger partial charge in [-0.1, -0.05) is 41.9 Å². The van der Waals surface area contributed by atoms with E-state index < -0.39 is 0 Å². The van der Waals surface area contributed by atoms with Crippen LogP contribution in [0.2, 0.25) is 5.02 Å². The summed E-state index contributed by atoms with van der Waals surface area (Å²) >= 11 is 6.15. The Morgan fingerprint density at radius 2 is 1.77 bits per heavy atom. The number of para-hydroxylation sites is 1. The second-order valence-corrected chi connectivity index (χ2v) is 6.14. The van der Waals surface area contributed by atoms with Crippen molar-refractivity contribution in [2.45, 2.75) is 13.2 Å². The Balaban J connectivity index is 1.66. The van der Waals surface area contributed by atoms with Crippen LogP contribution in [0.4, 0.5) is 10.1 Å². The lowest BCUT2D eigenvalue weighted by Gasteiger charge is -2.13. The zero-order valence-electron chi connectivity index (χ0n) is 14.3. The van der Waals surface area contributed by atoms with Crippen LogP contribution in [-0.4, -0.2) is 7.11 Å². The standard InChI is InChI=1S/C21H19ClFNO2/c1-25-21-12-15(13-24-19-8-3-2-7-18(19)22)9-10-20(21)26-14-16-5-4-6-17(23)11-16/h2-12,24H,13-14H2,1H3. The molecule has 3 rings (SSSR count). The highest BCUT2D eigenvalue weighted by Gasteiger charge is 2.07. The molecule has 0 aromatic heterocycles. The zero-order valence-corrected chi connectivity index (χ0v) is 15.1. The molecule has 0 radical (unpaired) electrons. The van der Waals surface area contributed by atoms with Crippen LogP contribution in [0.15, 0.2) is 66.7 Å². The Morgan fingerprint density at radius 3 is 2.54 bits per heavy atom. The fourth-order valence-electron chi connectivity index (χ4n) is 2.53. The lowest BCUT2D eigenvalue weighted by Crippen LogP contribution is -2.02. The van der Waals surface area contributed by atoms with E-state index in [1.54, 1.807) is 13.2 Å². The first-order valence-corrected chi connectivity index (χ1v) is 8.56. The van der Waals surface area contributed by atoms with E-state index in [9.17, 15) is 4.39 Å². The molecule has 0 saturated heterocycles. The third-order valence-corrected chi connectivity index (χ3v) is 4.20. The van der Waals surface area contributed by atoms with Gasteiger partial charge >= 0.3 is 0 Å². The minimum Gasteiger partial charge on any atom is -0.493 e. The molecular weight excluding hydrogens is 353 g/mol. The van der Waals surface area contributed by atoms with Gasteiger partial charge in [-0.05, 0) is 47.5 Å². The van der Waals surface area contributed by atoms with Crippen molar-refractivity contribution in [1.29, 1.82) is 0 Å². The van der Waals surface area contributed by atoms with Gasteiger partial charge in [0.05, 0.1) is 17.8 Å². The van der Waals surface area contributed by atoms with Gasteiger partial charge in [-0.3, -0.25) is 0 Å². The number of methoxy groups -OCH3 is 1. The van der Waals surface area contributed by atoms with Gasteiger partial charge in [0.15, 0.2) is 11.5 Å². The van der Waals surface area contributed by atoms with Gasteiger partial charge < -0.3 is 14.8 Å². The fourth-order valence-corrected chi connectivity index (χ4v) is 2.73. The third kappa shape index (κ3) is 4.67. The number of rotatable bonds is 7. The Labute approximate surface area is 157 Å². The Bertz CT molecular complexity index is 885. The molecular formula is C21H19ClFNO2. The molecule has 0 amide bonds. The Kier molecular flexibility index (Phi) is 5.97. The van der Waals surface area contributed by atoms with Crippen molar-refractivity contribution in [3.63, 3.8) is 0 Å². The number of benzene rings is 3. The predicted molar refractivity (Wildman–Crippen MR) is 103 cm³/mol. The first kappa shape index (κ1) is 18.1. The molecule has 0 aliphatic rings. The van der Waals surface area contributed by atoms with Crippen LogP contribution in [0.5, 0.6) is 11.5 Å². The van der Waals surface area contributed by atoms with Crippen LogP contribution in [0.1, 0.15) is 11.1 Å². The number of nitrogens with one attached hydrogen (secondary N) is 1. The summed E-state index contributed by atoms with van der Waals surface area (Å²) in [5, 5.41) is 3.97. The van der Waals surface area contributed by atoms with Crippen molar-refractivity contribution >= 4 is 17.3 Å². The van der Waals surface area contributed by atoms with Gasteiger partial charge in [0, 0.05) is 6.54 Å². The second-order valence-electron chi connectivity index (χ2n) is 5.74. The van der Waals surface area contributed by atoms with Crippen molar-refractivity contribution in [2.24, 2.45) is 0 Å². The normalized spacial score (nSPS) is 10.4. The molecule has 26 heavy (non-hydrogen) atoms. The smallest absolute Gasteiger partial charge is 0.161 e. The van der Waals surface area contributed by atoms with E-state index in [1.807, 2.05) is 48.5 Å². The van der Waals surface area contributed by atoms with Crippen LogP contribution in [-0.2, 0) is 13.2 Å². The molecule has 0 unspecified atom stereocenters. The van der Waals surface area contributed by atoms with E-state index in [0.29, 0.717) is 23.1 Å². The van der Waals surface area contributed by atoms with Crippen molar-refractivity contribution in [2.75, 3.05) is 12.4 Å². The van der Waals surface area contributed by atoms with Crippen molar-refractivity contribution in [3.8, 4) is 11.5 Å². The molecule has 0 heterocycles. The van der Waals surface area contributed by atoms with Gasteiger partial charge in [0.2, 0.25) is 0 Å². The summed E-state index contributed by atoms with van der Waals surface area (Å²) in [6, 6.07) is 19.6. The Morgan fingerprint density at radius 1 is 0.923 bits per heavy atom. The molecule has 134 valence electrons. The van der Waals surface area contributed by atoms with Crippen LogP contribution >= 0.6 is 11.6 Å². The van der Waals surface area contributed by atoms with E-state index in [4.69, 9.17) is 21.1 Å². The summed E-state index contributed by atoms with van der Waals surface area (Å²) in [6.45, 7) is 0.871. The molecule has 5 heteroatoms. The largest absolute Gasteiger partial charge is 0.493 e. The highest BCUT2D eigenvalue weighted by molar-refractivity contribution is 6.33. The monoisotopic (exact) mass is 371 g/mol. The molecule has 1 N–H and O–H groups in total. The fraction of sp³-hybridized carbons (Fsp3) is 0.143. The average Bonchev–Trinajstić information content (AvgIpc) is 2.66. The van der Waals surface area contributed by atoms with E-state index >= 15 is 0 Å². The number of hydrogen-bond acceptors (Lipinski definition) is 3. The summed E-state index contributed by atoms with van der Waals surface area (Å²) < 4.78 is 24.4. The second kappa shape index (κ2) is 8.59. The van der Waals surface area contributed by atoms with E-state index in [0.717, 1.165) is 16.8 Å². The SMILES string of the molecule is COc1cc(CNc2ccccc2Cl)ccc1OCc1cccc(F)c1. The lowest BCUT2D eigenvalue weighted by atomic mass is 10.2. The van der Waals surface area contributed by atoms with Gasteiger partial charge in [-0.25, -0.2) is 4.39 Å². The first-order valence-electron chi connectivity index (χ1n) is 8.18. The first-order chi connectivity index (χ1) is 12.7. The maximum atomic E-state index is 13.2. The maximum absolute atomic E-state index is 13.2. The quantitative estimate of drug-likeness (QED) is 0.579. The molecule has 0 atom stereocenters. The molecule has 0 saturated carbocycles. The number of halogens is 2. The molecule has 0 fully saturated rings. The maximum Gasteiger partial charge on any atom is 0.161 e. The molecule has 3 aromatic rings. The van der Waals surface area contributed by atoms with Crippen molar-refractivity contribution in [3.05, 3.63) is 88.7 Å². The van der Waals surface area contributed by atoms with Crippen molar-refractivity contribution < 1.29 is 13.9 Å². The molecule has 0 bridgehead atoms. The highest BCUT2D eigenvalue weighted by atomic mass is 35.5. The summed E-state index contributed by atoms with van der Waals surface area (Å²) in [5.41, 5.74) is 2.66. The van der Waals surface area contributed by atoms with Crippen LogP contribution in [0.25, 0.3) is 0 Å². The van der Waals surface area contributed by atoms with E-state index in [1.165, 1.54) is 12.1 Å². The summed E-state index contributed by atoms with van der Waals surface area (Å²) in [4.78, 5) is 0. The lowest BCUT2D eigenvalue weighted by molar-refractivity contribution is 0.284. The molecule has 0 aliphatic heterocycles. The van der Waals surface area contributed by atoms with Crippen LogP contribution < -0.4 is 14.8 Å². The van der Waals surface area contributed by atoms with Crippen LogP contribution in [0, 0.1) is 5.82 Å². The minimum absolute atomic E-state index is 0.269. The topological polar surface area (TPSA) is 30.5 Å². The van der Waals surface area contributed by atoms with Gasteiger partial charge in [0.25, 0.3) is 0 Å². The van der Waals surface area contributed by atoms with E-state index in [-0.39, 0.29) is 12.4 Å². The van der Waals surface area contributed by atoms with Crippen LogP contribution in [0.3, 0.4) is 0 Å². The number of ether oxygens (including phenoxy) is 2. The summed E-state index contributed by atoms with van der Waals surface area (Å²) in [6.07, 6.45) is 0. The number of hydrogen-bond donors (Lipinski definition) is 1. The zero-order chi connectivity index (χ0) is 18.4. The molecule has 3 aromatic carbocycles. The highest BCUT2D eigenvalue weighted by Crippen LogP contribution is 2.29.